The standard InChI is InChI=1S/C19H18F2N4O/c1-4-6-16(22-3)25-19-11(2)13(9-23-19)18-14(10-24-26-18)12-7-5-8-15(20)17(12)21/h4-5,7-10,23H,1,6H2,2-3H3,(H,22,25). The Bertz CT molecular complexity index is 972. The molecule has 3 rings (SSSR count). The fourth-order valence-corrected chi connectivity index (χ4v) is 2.68. The number of amidine groups is 1. The van der Waals surface area contributed by atoms with Crippen molar-refractivity contribution in [3.63, 3.8) is 0 Å². The number of rotatable bonds is 5. The Labute approximate surface area is 149 Å². The van der Waals surface area contributed by atoms with E-state index in [1.54, 1.807) is 19.3 Å². The van der Waals surface area contributed by atoms with Gasteiger partial charge in [0.05, 0.1) is 11.8 Å². The molecule has 2 N–H and O–H groups in total. The van der Waals surface area contributed by atoms with Crippen LogP contribution in [0.5, 0.6) is 0 Å². The molecule has 5 nitrogen and oxygen atoms in total. The van der Waals surface area contributed by atoms with Crippen molar-refractivity contribution in [2.45, 2.75) is 13.3 Å². The van der Waals surface area contributed by atoms with Gasteiger partial charge in [0.2, 0.25) is 0 Å². The van der Waals surface area contributed by atoms with Gasteiger partial charge in [-0.2, -0.15) is 0 Å². The minimum Gasteiger partial charge on any atom is -0.356 e. The number of hydrogen-bond acceptors (Lipinski definition) is 3. The van der Waals surface area contributed by atoms with Gasteiger partial charge in [-0.05, 0) is 13.0 Å². The van der Waals surface area contributed by atoms with Crippen LogP contribution in [0.2, 0.25) is 0 Å². The average molecular weight is 356 g/mol. The van der Waals surface area contributed by atoms with E-state index in [-0.39, 0.29) is 5.56 Å². The second kappa shape index (κ2) is 7.35. The molecule has 0 aliphatic rings. The molecule has 7 heteroatoms. The minimum atomic E-state index is -0.935. The average Bonchev–Trinajstić information content (AvgIpc) is 3.24. The molecule has 0 radical (unpaired) electrons. The smallest absolute Gasteiger partial charge is 0.176 e. The van der Waals surface area contributed by atoms with Crippen LogP contribution in [0, 0.1) is 18.6 Å². The summed E-state index contributed by atoms with van der Waals surface area (Å²) in [7, 11) is 1.69. The van der Waals surface area contributed by atoms with Gasteiger partial charge >= 0.3 is 0 Å². The molecule has 0 fully saturated rings. The van der Waals surface area contributed by atoms with Crippen LogP contribution < -0.4 is 5.32 Å². The van der Waals surface area contributed by atoms with Crippen LogP contribution in [-0.2, 0) is 0 Å². The molecule has 134 valence electrons. The summed E-state index contributed by atoms with van der Waals surface area (Å²) in [5, 5.41) is 6.95. The zero-order valence-corrected chi connectivity index (χ0v) is 14.4. The zero-order chi connectivity index (χ0) is 18.7. The fourth-order valence-electron chi connectivity index (χ4n) is 2.68. The predicted octanol–water partition coefficient (Wildman–Crippen LogP) is 4.94. The molecule has 0 bridgehead atoms. The van der Waals surface area contributed by atoms with E-state index in [1.807, 2.05) is 6.92 Å². The first-order valence-corrected chi connectivity index (χ1v) is 7.97. The minimum absolute atomic E-state index is 0.0961. The Hall–Kier alpha value is -3.22. The van der Waals surface area contributed by atoms with Crippen molar-refractivity contribution < 1.29 is 13.3 Å². The Kier molecular flexibility index (Phi) is 4.97. The number of H-pyrrole nitrogens is 1. The summed E-state index contributed by atoms with van der Waals surface area (Å²) in [6.07, 6.45) is 5.44. The summed E-state index contributed by atoms with van der Waals surface area (Å²) in [5.74, 6) is -0.0316. The highest BCUT2D eigenvalue weighted by Crippen LogP contribution is 2.37. The van der Waals surface area contributed by atoms with E-state index in [2.05, 4.69) is 27.0 Å². The number of aromatic nitrogens is 2. The van der Waals surface area contributed by atoms with Crippen LogP contribution in [0.15, 0.2) is 52.8 Å². The van der Waals surface area contributed by atoms with Gasteiger partial charge in [-0.1, -0.05) is 23.4 Å². The highest BCUT2D eigenvalue weighted by Gasteiger charge is 2.21. The van der Waals surface area contributed by atoms with Crippen molar-refractivity contribution in [3.8, 4) is 22.5 Å². The zero-order valence-electron chi connectivity index (χ0n) is 14.4. The molecule has 0 spiro atoms. The lowest BCUT2D eigenvalue weighted by Gasteiger charge is -2.07. The molecule has 0 atom stereocenters. The molecule has 0 saturated carbocycles. The van der Waals surface area contributed by atoms with Crippen molar-refractivity contribution in [1.82, 2.24) is 10.1 Å². The van der Waals surface area contributed by atoms with Gasteiger partial charge in [0.25, 0.3) is 0 Å². The molecular weight excluding hydrogens is 338 g/mol. The Morgan fingerprint density at radius 1 is 1.35 bits per heavy atom. The number of aromatic amines is 1. The number of hydrogen-bond donors (Lipinski definition) is 2. The van der Waals surface area contributed by atoms with E-state index >= 15 is 0 Å². The normalized spacial score (nSPS) is 11.6. The van der Waals surface area contributed by atoms with Crippen molar-refractivity contribution >= 4 is 11.7 Å². The van der Waals surface area contributed by atoms with Crippen LogP contribution in [0.25, 0.3) is 22.5 Å². The van der Waals surface area contributed by atoms with Crippen molar-refractivity contribution in [3.05, 3.63) is 60.4 Å². The second-order valence-corrected chi connectivity index (χ2v) is 5.66. The van der Waals surface area contributed by atoms with Gasteiger partial charge in [0, 0.05) is 36.4 Å². The molecule has 0 unspecified atom stereocenters. The number of nitrogens with zero attached hydrogens (tertiary/aromatic N) is 2. The van der Waals surface area contributed by atoms with Gasteiger partial charge in [-0.3, -0.25) is 4.99 Å². The summed E-state index contributed by atoms with van der Waals surface area (Å²) in [6, 6.07) is 4.00. The fraction of sp³-hybridized carbons (Fsp3) is 0.158. The van der Waals surface area contributed by atoms with Crippen LogP contribution in [-0.4, -0.2) is 23.0 Å². The maximum absolute atomic E-state index is 14.2. The van der Waals surface area contributed by atoms with Gasteiger partial charge in [-0.25, -0.2) is 8.78 Å². The molecule has 1 aromatic carbocycles. The van der Waals surface area contributed by atoms with Crippen LogP contribution in [0.4, 0.5) is 14.6 Å². The summed E-state index contributed by atoms with van der Waals surface area (Å²) in [4.78, 5) is 7.27. The molecule has 26 heavy (non-hydrogen) atoms. The van der Waals surface area contributed by atoms with E-state index in [4.69, 9.17) is 4.52 Å². The molecule has 0 saturated heterocycles. The van der Waals surface area contributed by atoms with E-state index < -0.39 is 11.6 Å². The van der Waals surface area contributed by atoms with E-state index in [9.17, 15) is 8.78 Å². The summed E-state index contributed by atoms with van der Waals surface area (Å²) in [6.45, 7) is 5.58. The molecule has 0 amide bonds. The number of anilines is 1. The molecule has 3 aromatic rings. The molecule has 0 aliphatic carbocycles. The Balaban J connectivity index is 2.01. The van der Waals surface area contributed by atoms with Crippen molar-refractivity contribution in [2.24, 2.45) is 4.99 Å². The monoisotopic (exact) mass is 356 g/mol. The van der Waals surface area contributed by atoms with Gasteiger partial charge in [-0.15, -0.1) is 6.58 Å². The van der Waals surface area contributed by atoms with Gasteiger partial charge in [0.15, 0.2) is 17.4 Å². The molecule has 2 heterocycles. The lowest BCUT2D eigenvalue weighted by Crippen LogP contribution is -2.11. The Morgan fingerprint density at radius 3 is 2.88 bits per heavy atom. The quantitative estimate of drug-likeness (QED) is 0.387. The van der Waals surface area contributed by atoms with E-state index in [0.29, 0.717) is 23.3 Å². The SMILES string of the molecule is C=CCC(=NC)Nc1[nH]cc(-c2oncc2-c2cccc(F)c2F)c1C. The second-order valence-electron chi connectivity index (χ2n) is 5.66. The van der Waals surface area contributed by atoms with Crippen molar-refractivity contribution in [1.29, 1.82) is 0 Å². The first-order valence-electron chi connectivity index (χ1n) is 7.97. The summed E-state index contributed by atoms with van der Waals surface area (Å²) in [5.41, 5.74) is 2.01. The van der Waals surface area contributed by atoms with E-state index in [0.717, 1.165) is 23.3 Å². The number of benzene rings is 1. The van der Waals surface area contributed by atoms with Crippen LogP contribution in [0.3, 0.4) is 0 Å². The largest absolute Gasteiger partial charge is 0.356 e. The van der Waals surface area contributed by atoms with Crippen LogP contribution >= 0.6 is 0 Å². The highest BCUT2D eigenvalue weighted by molar-refractivity contribution is 5.97. The molecule has 2 aromatic heterocycles. The van der Waals surface area contributed by atoms with Crippen LogP contribution in [0.1, 0.15) is 12.0 Å². The van der Waals surface area contributed by atoms with Crippen molar-refractivity contribution in [2.75, 3.05) is 12.4 Å². The van der Waals surface area contributed by atoms with E-state index in [1.165, 1.54) is 18.3 Å². The number of nitrogens with one attached hydrogen (secondary N) is 2. The topological polar surface area (TPSA) is 66.2 Å². The summed E-state index contributed by atoms with van der Waals surface area (Å²) >= 11 is 0. The highest BCUT2D eigenvalue weighted by atomic mass is 19.2. The first kappa shape index (κ1) is 17.6. The molecule has 0 aliphatic heterocycles. The third-order valence-electron chi connectivity index (χ3n) is 4.07. The first-order chi connectivity index (χ1) is 12.6. The number of halogens is 2. The van der Waals surface area contributed by atoms with Gasteiger partial charge in [0.1, 0.15) is 11.7 Å². The summed E-state index contributed by atoms with van der Waals surface area (Å²) < 4.78 is 33.1. The third-order valence-corrected chi connectivity index (χ3v) is 4.07. The predicted molar refractivity (Wildman–Crippen MR) is 98.2 cm³/mol. The lowest BCUT2D eigenvalue weighted by atomic mass is 10.0. The number of aliphatic imine (C=N–C) groups is 1. The Morgan fingerprint density at radius 2 is 2.15 bits per heavy atom. The molecular formula is C19H18F2N4O. The third kappa shape index (κ3) is 3.15. The lowest BCUT2D eigenvalue weighted by molar-refractivity contribution is 0.432. The maximum atomic E-state index is 14.2. The van der Waals surface area contributed by atoms with Gasteiger partial charge < -0.3 is 14.8 Å². The maximum Gasteiger partial charge on any atom is 0.176 e.